The zero-order chi connectivity index (χ0) is 20.0. The Labute approximate surface area is 161 Å². The molecule has 1 atom stereocenters. The van der Waals surface area contributed by atoms with E-state index in [1.165, 1.54) is 0 Å². The summed E-state index contributed by atoms with van der Waals surface area (Å²) in [5.74, 6) is -0.486. The summed E-state index contributed by atoms with van der Waals surface area (Å²) in [5.41, 5.74) is -0.0784. The van der Waals surface area contributed by atoms with Crippen molar-refractivity contribution in [3.8, 4) is 0 Å². The van der Waals surface area contributed by atoms with E-state index in [4.69, 9.17) is 11.6 Å². The second kappa shape index (κ2) is 9.19. The van der Waals surface area contributed by atoms with Gasteiger partial charge in [-0.3, -0.25) is 14.7 Å². The average Bonchev–Trinajstić information content (AvgIpc) is 2.65. The minimum atomic E-state index is -4.53. The van der Waals surface area contributed by atoms with Crippen LogP contribution >= 0.6 is 11.6 Å². The second-order valence-corrected chi connectivity index (χ2v) is 6.31. The smallest absolute Gasteiger partial charge is 0.350 e. The predicted molar refractivity (Wildman–Crippen MR) is 98.7 cm³/mol. The van der Waals surface area contributed by atoms with Gasteiger partial charge in [-0.2, -0.15) is 13.2 Å². The third-order valence-electron chi connectivity index (χ3n) is 4.29. The molecule has 1 aromatic carbocycles. The van der Waals surface area contributed by atoms with Gasteiger partial charge in [0.25, 0.3) is 5.91 Å². The van der Waals surface area contributed by atoms with Crippen molar-refractivity contribution in [3.63, 3.8) is 0 Å². The van der Waals surface area contributed by atoms with Crippen LogP contribution in [0.3, 0.4) is 0 Å². The van der Waals surface area contributed by atoms with Crippen molar-refractivity contribution in [2.24, 2.45) is 0 Å². The van der Waals surface area contributed by atoms with Gasteiger partial charge in [0.05, 0.1) is 11.6 Å². The van der Waals surface area contributed by atoms with Crippen LogP contribution in [-0.2, 0) is 6.18 Å². The summed E-state index contributed by atoms with van der Waals surface area (Å²) in [5, 5.41) is 3.37. The molecule has 0 aliphatic rings. The van der Waals surface area contributed by atoms with E-state index in [0.717, 1.165) is 37.0 Å². The number of nitrogens with zero attached hydrogens (tertiary/aromatic N) is 2. The van der Waals surface area contributed by atoms with Crippen LogP contribution in [0.4, 0.5) is 13.2 Å². The average molecular weight is 400 g/mol. The molecule has 27 heavy (non-hydrogen) atoms. The number of alkyl halides is 3. The molecule has 1 N–H and O–H groups in total. The van der Waals surface area contributed by atoms with E-state index in [-0.39, 0.29) is 18.2 Å². The first-order valence-corrected chi connectivity index (χ1v) is 8.95. The van der Waals surface area contributed by atoms with Gasteiger partial charge < -0.3 is 5.32 Å². The lowest BCUT2D eigenvalue weighted by atomic mass is 10.0. The minimum Gasteiger partial charge on any atom is -0.350 e. The van der Waals surface area contributed by atoms with Crippen molar-refractivity contribution in [2.45, 2.75) is 26.1 Å². The van der Waals surface area contributed by atoms with E-state index in [2.05, 4.69) is 15.2 Å². The van der Waals surface area contributed by atoms with Gasteiger partial charge in [0.1, 0.15) is 5.69 Å². The number of hydrogen-bond acceptors (Lipinski definition) is 3. The number of carbonyl (C=O) groups excluding carboxylic acids is 1. The molecule has 0 saturated heterocycles. The standard InChI is InChI=1S/C19H21ClF3N3O/c1-3-26(4-2)16(14-7-5-6-8-15(14)20)12-25-18(27)13-9-10-17(24-11-13)19(21,22)23/h5-11,16H,3-4,12H2,1-2H3,(H,25,27). The Hall–Kier alpha value is -2.12. The summed E-state index contributed by atoms with van der Waals surface area (Å²) >= 11 is 6.31. The Balaban J connectivity index is 2.14. The molecule has 0 saturated carbocycles. The Bertz CT molecular complexity index is 762. The number of benzene rings is 1. The Morgan fingerprint density at radius 2 is 1.85 bits per heavy atom. The largest absolute Gasteiger partial charge is 0.433 e. The molecule has 0 radical (unpaired) electrons. The van der Waals surface area contributed by atoms with E-state index in [1.54, 1.807) is 6.07 Å². The lowest BCUT2D eigenvalue weighted by Gasteiger charge is -2.30. The Morgan fingerprint density at radius 1 is 1.19 bits per heavy atom. The van der Waals surface area contributed by atoms with Crippen LogP contribution in [0.25, 0.3) is 0 Å². The highest BCUT2D eigenvalue weighted by molar-refractivity contribution is 6.31. The maximum absolute atomic E-state index is 12.6. The molecule has 4 nitrogen and oxygen atoms in total. The second-order valence-electron chi connectivity index (χ2n) is 5.90. The lowest BCUT2D eigenvalue weighted by Crippen LogP contribution is -2.38. The molecule has 1 aromatic heterocycles. The first-order chi connectivity index (χ1) is 12.8. The molecule has 0 bridgehead atoms. The van der Waals surface area contributed by atoms with Gasteiger partial charge >= 0.3 is 6.18 Å². The van der Waals surface area contributed by atoms with Crippen LogP contribution in [0, 0.1) is 0 Å². The molecule has 0 aliphatic heterocycles. The highest BCUT2D eigenvalue weighted by Crippen LogP contribution is 2.28. The maximum Gasteiger partial charge on any atom is 0.433 e. The predicted octanol–water partition coefficient (Wildman–Crippen LogP) is 4.57. The maximum atomic E-state index is 12.6. The van der Waals surface area contributed by atoms with E-state index in [0.29, 0.717) is 5.02 Å². The van der Waals surface area contributed by atoms with Crippen molar-refractivity contribution in [3.05, 3.63) is 64.4 Å². The number of hydrogen-bond donors (Lipinski definition) is 1. The number of carbonyl (C=O) groups is 1. The van der Waals surface area contributed by atoms with Crippen LogP contribution in [0.15, 0.2) is 42.6 Å². The van der Waals surface area contributed by atoms with Crippen molar-refractivity contribution in [2.75, 3.05) is 19.6 Å². The number of pyridine rings is 1. The third-order valence-corrected chi connectivity index (χ3v) is 4.63. The SMILES string of the molecule is CCN(CC)C(CNC(=O)c1ccc(C(F)(F)F)nc1)c1ccccc1Cl. The fourth-order valence-corrected chi connectivity index (χ4v) is 3.09. The van der Waals surface area contributed by atoms with Gasteiger partial charge in [-0.05, 0) is 36.9 Å². The topological polar surface area (TPSA) is 45.2 Å². The third kappa shape index (κ3) is 5.43. The Morgan fingerprint density at radius 3 is 2.37 bits per heavy atom. The monoisotopic (exact) mass is 399 g/mol. The molecule has 146 valence electrons. The Kier molecular flexibility index (Phi) is 7.21. The van der Waals surface area contributed by atoms with Gasteiger partial charge in [-0.15, -0.1) is 0 Å². The molecule has 0 spiro atoms. The molecular formula is C19H21ClF3N3O. The van der Waals surface area contributed by atoms with Crippen LogP contribution < -0.4 is 5.32 Å². The fourth-order valence-electron chi connectivity index (χ4n) is 2.83. The van der Waals surface area contributed by atoms with Crippen molar-refractivity contribution in [1.29, 1.82) is 0 Å². The zero-order valence-electron chi connectivity index (χ0n) is 15.1. The van der Waals surface area contributed by atoms with Gasteiger partial charge in [-0.1, -0.05) is 43.6 Å². The fraction of sp³-hybridized carbons (Fsp3) is 0.368. The number of rotatable bonds is 7. The number of nitrogens with one attached hydrogen (secondary N) is 1. The van der Waals surface area contributed by atoms with Crippen LogP contribution in [0.1, 0.15) is 41.5 Å². The molecule has 1 heterocycles. The lowest BCUT2D eigenvalue weighted by molar-refractivity contribution is -0.141. The summed E-state index contributed by atoms with van der Waals surface area (Å²) < 4.78 is 37.8. The van der Waals surface area contributed by atoms with Crippen molar-refractivity contribution < 1.29 is 18.0 Å². The number of likely N-dealkylation sites (N-methyl/N-ethyl adjacent to an activating group) is 1. The summed E-state index contributed by atoms with van der Waals surface area (Å²) in [6, 6.07) is 9.15. The molecule has 2 rings (SSSR count). The summed E-state index contributed by atoms with van der Waals surface area (Å²) in [4.78, 5) is 17.8. The van der Waals surface area contributed by atoms with Crippen LogP contribution in [0.5, 0.6) is 0 Å². The van der Waals surface area contributed by atoms with Crippen molar-refractivity contribution >= 4 is 17.5 Å². The highest BCUT2D eigenvalue weighted by Gasteiger charge is 2.32. The normalized spacial score (nSPS) is 12.9. The molecule has 1 amide bonds. The van der Waals surface area contributed by atoms with E-state index in [1.807, 2.05) is 32.0 Å². The van der Waals surface area contributed by atoms with Crippen LogP contribution in [0.2, 0.25) is 5.02 Å². The summed E-state index contributed by atoms with van der Waals surface area (Å²) in [6.07, 6.45) is -3.60. The van der Waals surface area contributed by atoms with E-state index in [9.17, 15) is 18.0 Å². The van der Waals surface area contributed by atoms with E-state index < -0.39 is 17.8 Å². The first kappa shape index (κ1) is 21.2. The van der Waals surface area contributed by atoms with Gasteiger partial charge in [0.2, 0.25) is 0 Å². The number of aromatic nitrogens is 1. The number of halogens is 4. The minimum absolute atomic E-state index is 0.0699. The van der Waals surface area contributed by atoms with Crippen molar-refractivity contribution in [1.82, 2.24) is 15.2 Å². The summed E-state index contributed by atoms with van der Waals surface area (Å²) in [7, 11) is 0. The summed E-state index contributed by atoms with van der Waals surface area (Å²) in [6.45, 7) is 5.79. The van der Waals surface area contributed by atoms with Crippen LogP contribution in [-0.4, -0.2) is 35.4 Å². The molecular weight excluding hydrogens is 379 g/mol. The number of amides is 1. The van der Waals surface area contributed by atoms with Gasteiger partial charge in [0, 0.05) is 17.8 Å². The first-order valence-electron chi connectivity index (χ1n) is 8.57. The molecule has 1 unspecified atom stereocenters. The highest BCUT2D eigenvalue weighted by atomic mass is 35.5. The molecule has 0 fully saturated rings. The quantitative estimate of drug-likeness (QED) is 0.742. The molecule has 2 aromatic rings. The van der Waals surface area contributed by atoms with E-state index >= 15 is 0 Å². The van der Waals surface area contributed by atoms with Gasteiger partial charge in [-0.25, -0.2) is 0 Å². The zero-order valence-corrected chi connectivity index (χ0v) is 15.8. The van der Waals surface area contributed by atoms with Gasteiger partial charge in [0.15, 0.2) is 0 Å². The molecule has 0 aliphatic carbocycles. The molecule has 8 heteroatoms.